The van der Waals surface area contributed by atoms with Gasteiger partial charge in [-0.3, -0.25) is 4.79 Å². The molecule has 0 amide bonds. The monoisotopic (exact) mass is 252 g/mol. The van der Waals surface area contributed by atoms with E-state index in [1.54, 1.807) is 0 Å². The number of aldehydes is 1. The van der Waals surface area contributed by atoms with Crippen molar-refractivity contribution in [2.24, 2.45) is 5.92 Å². The van der Waals surface area contributed by atoms with E-state index in [1.165, 1.54) is 5.56 Å². The van der Waals surface area contributed by atoms with Crippen molar-refractivity contribution in [3.05, 3.63) is 59.2 Å². The number of carbonyl (C=O) groups is 1. The first-order valence-electron chi connectivity index (χ1n) is 6.75. The molecule has 0 aliphatic heterocycles. The lowest BCUT2D eigenvalue weighted by Gasteiger charge is -2.08. The van der Waals surface area contributed by atoms with E-state index >= 15 is 0 Å². The normalized spacial score (nSPS) is 10.7. The molecule has 2 aromatic carbocycles. The van der Waals surface area contributed by atoms with Gasteiger partial charge in [0.2, 0.25) is 0 Å². The summed E-state index contributed by atoms with van der Waals surface area (Å²) in [5.74, 6) is 0.673. The van der Waals surface area contributed by atoms with E-state index in [0.29, 0.717) is 5.92 Å². The fourth-order valence-corrected chi connectivity index (χ4v) is 2.25. The van der Waals surface area contributed by atoms with Crippen molar-refractivity contribution in [2.45, 2.75) is 27.2 Å². The fraction of sp³-hybridized carbons (Fsp3) is 0.278. The van der Waals surface area contributed by atoms with Gasteiger partial charge in [-0.2, -0.15) is 0 Å². The Morgan fingerprint density at radius 2 is 1.63 bits per heavy atom. The predicted octanol–water partition coefficient (Wildman–Crippen LogP) is 4.67. The van der Waals surface area contributed by atoms with Gasteiger partial charge in [-0.25, -0.2) is 0 Å². The zero-order valence-corrected chi connectivity index (χ0v) is 11.8. The van der Waals surface area contributed by atoms with Crippen LogP contribution in [0.2, 0.25) is 0 Å². The number of hydrogen-bond donors (Lipinski definition) is 0. The van der Waals surface area contributed by atoms with E-state index < -0.39 is 0 Å². The lowest BCUT2D eigenvalue weighted by Crippen LogP contribution is -1.93. The van der Waals surface area contributed by atoms with Crippen LogP contribution in [0.1, 0.15) is 35.3 Å². The summed E-state index contributed by atoms with van der Waals surface area (Å²) < 4.78 is 0. The number of aryl methyl sites for hydroxylation is 1. The SMILES string of the molecule is Cc1ccc(-c2ccc(CC(C)C)cc2)cc1C=O. The van der Waals surface area contributed by atoms with Crippen LogP contribution in [0.15, 0.2) is 42.5 Å². The maximum atomic E-state index is 11.0. The third-order valence-electron chi connectivity index (χ3n) is 3.34. The lowest BCUT2D eigenvalue weighted by atomic mass is 9.97. The molecular formula is C18H20O. The van der Waals surface area contributed by atoms with Crippen LogP contribution in [-0.2, 0) is 6.42 Å². The first kappa shape index (κ1) is 13.5. The number of benzene rings is 2. The highest BCUT2D eigenvalue weighted by Crippen LogP contribution is 2.23. The Morgan fingerprint density at radius 1 is 1.00 bits per heavy atom. The van der Waals surface area contributed by atoms with Crippen molar-refractivity contribution in [3.8, 4) is 11.1 Å². The Labute approximate surface area is 115 Å². The van der Waals surface area contributed by atoms with Crippen molar-refractivity contribution < 1.29 is 4.79 Å². The molecule has 0 fully saturated rings. The van der Waals surface area contributed by atoms with E-state index in [1.807, 2.05) is 19.1 Å². The quantitative estimate of drug-likeness (QED) is 0.722. The molecule has 0 spiro atoms. The number of rotatable bonds is 4. The molecule has 0 radical (unpaired) electrons. The Hall–Kier alpha value is -1.89. The summed E-state index contributed by atoms with van der Waals surface area (Å²) in [6, 6.07) is 14.7. The van der Waals surface area contributed by atoms with Crippen LogP contribution >= 0.6 is 0 Å². The van der Waals surface area contributed by atoms with E-state index in [9.17, 15) is 4.79 Å². The minimum Gasteiger partial charge on any atom is -0.298 e. The first-order chi connectivity index (χ1) is 9.10. The number of hydrogen-bond acceptors (Lipinski definition) is 1. The molecule has 0 saturated heterocycles. The summed E-state index contributed by atoms with van der Waals surface area (Å²) in [5.41, 5.74) is 5.42. The van der Waals surface area contributed by atoms with Gasteiger partial charge in [0.25, 0.3) is 0 Å². The zero-order valence-electron chi connectivity index (χ0n) is 11.8. The summed E-state index contributed by atoms with van der Waals surface area (Å²) >= 11 is 0. The van der Waals surface area contributed by atoms with E-state index in [4.69, 9.17) is 0 Å². The Bertz CT molecular complexity index is 565. The molecule has 1 heteroatoms. The van der Waals surface area contributed by atoms with Crippen LogP contribution in [0.25, 0.3) is 11.1 Å². The van der Waals surface area contributed by atoms with Gasteiger partial charge in [0.15, 0.2) is 0 Å². The largest absolute Gasteiger partial charge is 0.298 e. The molecule has 0 aliphatic carbocycles. The van der Waals surface area contributed by atoms with E-state index in [2.05, 4.69) is 44.2 Å². The third kappa shape index (κ3) is 3.31. The van der Waals surface area contributed by atoms with E-state index in [0.717, 1.165) is 35.0 Å². The highest BCUT2D eigenvalue weighted by Gasteiger charge is 2.03. The third-order valence-corrected chi connectivity index (χ3v) is 3.34. The van der Waals surface area contributed by atoms with Crippen molar-refractivity contribution in [2.75, 3.05) is 0 Å². The van der Waals surface area contributed by atoms with Crippen LogP contribution < -0.4 is 0 Å². The average molecular weight is 252 g/mol. The van der Waals surface area contributed by atoms with Gasteiger partial charge in [-0.05, 0) is 47.6 Å². The average Bonchev–Trinajstić information content (AvgIpc) is 2.40. The van der Waals surface area contributed by atoms with Crippen molar-refractivity contribution in [1.82, 2.24) is 0 Å². The molecule has 0 saturated carbocycles. The standard InChI is InChI=1S/C18H20O/c1-13(2)10-15-5-8-16(9-6-15)17-7-4-14(3)18(11-17)12-19/h4-9,11-13H,10H2,1-3H3. The van der Waals surface area contributed by atoms with Gasteiger partial charge in [-0.1, -0.05) is 50.2 Å². The van der Waals surface area contributed by atoms with Crippen LogP contribution in [0.3, 0.4) is 0 Å². The van der Waals surface area contributed by atoms with Gasteiger partial charge in [0.1, 0.15) is 6.29 Å². The molecule has 0 unspecified atom stereocenters. The van der Waals surface area contributed by atoms with Crippen molar-refractivity contribution >= 4 is 6.29 Å². The molecule has 98 valence electrons. The molecule has 2 rings (SSSR count). The highest BCUT2D eigenvalue weighted by atomic mass is 16.1. The van der Waals surface area contributed by atoms with E-state index in [-0.39, 0.29) is 0 Å². The van der Waals surface area contributed by atoms with Crippen molar-refractivity contribution in [1.29, 1.82) is 0 Å². The zero-order chi connectivity index (χ0) is 13.8. The Balaban J connectivity index is 2.29. The van der Waals surface area contributed by atoms with Gasteiger partial charge in [-0.15, -0.1) is 0 Å². The van der Waals surface area contributed by atoms with Crippen LogP contribution in [0.5, 0.6) is 0 Å². The van der Waals surface area contributed by atoms with Crippen LogP contribution in [0.4, 0.5) is 0 Å². The number of carbonyl (C=O) groups excluding carboxylic acids is 1. The molecule has 0 aromatic heterocycles. The smallest absolute Gasteiger partial charge is 0.150 e. The summed E-state index contributed by atoms with van der Waals surface area (Å²) in [6.45, 7) is 6.41. The molecule has 19 heavy (non-hydrogen) atoms. The Morgan fingerprint density at radius 3 is 2.21 bits per heavy atom. The van der Waals surface area contributed by atoms with Gasteiger partial charge in [0.05, 0.1) is 0 Å². The fourth-order valence-electron chi connectivity index (χ4n) is 2.25. The molecule has 0 atom stereocenters. The summed E-state index contributed by atoms with van der Waals surface area (Å²) in [5, 5.41) is 0. The van der Waals surface area contributed by atoms with Crippen LogP contribution in [-0.4, -0.2) is 6.29 Å². The molecule has 0 heterocycles. The van der Waals surface area contributed by atoms with Gasteiger partial charge < -0.3 is 0 Å². The van der Waals surface area contributed by atoms with Crippen LogP contribution in [0, 0.1) is 12.8 Å². The summed E-state index contributed by atoms with van der Waals surface area (Å²) in [4.78, 5) is 11.0. The highest BCUT2D eigenvalue weighted by molar-refractivity contribution is 5.81. The van der Waals surface area contributed by atoms with Gasteiger partial charge >= 0.3 is 0 Å². The maximum Gasteiger partial charge on any atom is 0.150 e. The summed E-state index contributed by atoms with van der Waals surface area (Å²) in [6.07, 6.45) is 2.03. The minimum absolute atomic E-state index is 0.673. The summed E-state index contributed by atoms with van der Waals surface area (Å²) in [7, 11) is 0. The second-order valence-electron chi connectivity index (χ2n) is 5.48. The maximum absolute atomic E-state index is 11.0. The molecule has 0 aliphatic rings. The second kappa shape index (κ2) is 5.83. The second-order valence-corrected chi connectivity index (χ2v) is 5.48. The molecule has 2 aromatic rings. The minimum atomic E-state index is 0.673. The molecule has 0 N–H and O–H groups in total. The topological polar surface area (TPSA) is 17.1 Å². The van der Waals surface area contributed by atoms with Crippen molar-refractivity contribution in [3.63, 3.8) is 0 Å². The molecule has 0 bridgehead atoms. The molecule has 1 nitrogen and oxygen atoms in total. The Kier molecular flexibility index (Phi) is 4.16. The lowest BCUT2D eigenvalue weighted by molar-refractivity contribution is 0.112. The first-order valence-corrected chi connectivity index (χ1v) is 6.75. The van der Waals surface area contributed by atoms with Gasteiger partial charge in [0, 0.05) is 5.56 Å². The predicted molar refractivity (Wildman–Crippen MR) is 80.5 cm³/mol. The molecular weight excluding hydrogens is 232 g/mol.